The van der Waals surface area contributed by atoms with Crippen LogP contribution in [-0.2, 0) is 11.3 Å². The number of carbonyl (C=O) groups is 1. The minimum atomic E-state index is -0.253. The van der Waals surface area contributed by atoms with Gasteiger partial charge in [0.2, 0.25) is 0 Å². The number of amides is 2. The first-order valence-corrected chi connectivity index (χ1v) is 9.15. The van der Waals surface area contributed by atoms with Gasteiger partial charge in [0, 0.05) is 11.6 Å². The Morgan fingerprint density at radius 2 is 2.08 bits per heavy atom. The molecule has 26 heavy (non-hydrogen) atoms. The van der Waals surface area contributed by atoms with Crippen molar-refractivity contribution < 1.29 is 14.3 Å². The van der Waals surface area contributed by atoms with E-state index in [1.165, 1.54) is 0 Å². The summed E-state index contributed by atoms with van der Waals surface area (Å²) >= 11 is 6.00. The van der Waals surface area contributed by atoms with Crippen LogP contribution in [0.4, 0.5) is 10.5 Å². The fourth-order valence-corrected chi connectivity index (χ4v) is 3.82. The molecule has 136 valence electrons. The maximum absolute atomic E-state index is 12.2. The lowest BCUT2D eigenvalue weighted by Crippen LogP contribution is -2.48. The predicted molar refractivity (Wildman–Crippen MR) is 101 cm³/mol. The molecule has 2 aliphatic heterocycles. The first kappa shape index (κ1) is 17.2. The molecule has 0 aromatic heterocycles. The lowest BCUT2D eigenvalue weighted by molar-refractivity contribution is 0.00546. The Hall–Kier alpha value is -2.24. The van der Waals surface area contributed by atoms with E-state index in [1.54, 1.807) is 0 Å². The molecule has 2 bridgehead atoms. The summed E-state index contributed by atoms with van der Waals surface area (Å²) in [6.45, 7) is 1.74. The van der Waals surface area contributed by atoms with Crippen LogP contribution in [0.5, 0.6) is 5.75 Å². The number of hydrogen-bond donors (Lipinski definition) is 2. The van der Waals surface area contributed by atoms with E-state index in [4.69, 9.17) is 21.1 Å². The summed E-state index contributed by atoms with van der Waals surface area (Å²) in [5, 5.41) is 6.44. The molecule has 1 aliphatic carbocycles. The zero-order chi connectivity index (χ0) is 18.0. The molecule has 2 aromatic rings. The van der Waals surface area contributed by atoms with E-state index in [-0.39, 0.29) is 11.6 Å². The van der Waals surface area contributed by atoms with Gasteiger partial charge >= 0.3 is 6.03 Å². The molecule has 3 aliphatic rings. The van der Waals surface area contributed by atoms with Crippen LogP contribution in [0.2, 0.25) is 5.02 Å². The molecule has 2 amide bonds. The Morgan fingerprint density at radius 3 is 2.85 bits per heavy atom. The molecule has 2 heterocycles. The van der Waals surface area contributed by atoms with Crippen molar-refractivity contribution in [3.63, 3.8) is 0 Å². The van der Waals surface area contributed by atoms with E-state index < -0.39 is 0 Å². The zero-order valence-electron chi connectivity index (χ0n) is 14.3. The highest BCUT2D eigenvalue weighted by molar-refractivity contribution is 6.30. The second kappa shape index (κ2) is 7.17. The molecule has 6 heteroatoms. The molecule has 5 rings (SSSR count). The number of rotatable bonds is 6. The molecule has 0 radical (unpaired) electrons. The molecule has 2 saturated heterocycles. The summed E-state index contributed by atoms with van der Waals surface area (Å²) in [5.41, 5.74) is 1.46. The predicted octanol–water partition coefficient (Wildman–Crippen LogP) is 4.22. The lowest BCUT2D eigenvalue weighted by atomic mass is 9.74. The van der Waals surface area contributed by atoms with Gasteiger partial charge in [-0.1, -0.05) is 35.9 Å². The standard InChI is InChI=1S/C20H21ClN2O3/c21-16-5-3-4-14(8-16)11-25-18-7-2-1-6-17(18)23-19(24)22-13-20-9-15(10-20)12-26-20/h1-8,15H,9-13H2,(H2,22,23,24). The van der Waals surface area contributed by atoms with E-state index in [0.29, 0.717) is 35.5 Å². The second-order valence-electron chi connectivity index (χ2n) is 6.99. The number of carbonyl (C=O) groups excluding carboxylic acids is 1. The SMILES string of the molecule is O=C(NCC12CC(CO1)C2)Nc1ccccc1OCc1cccc(Cl)c1. The van der Waals surface area contributed by atoms with Crippen molar-refractivity contribution in [2.75, 3.05) is 18.5 Å². The van der Waals surface area contributed by atoms with Crippen molar-refractivity contribution in [1.82, 2.24) is 5.32 Å². The van der Waals surface area contributed by atoms with E-state index >= 15 is 0 Å². The van der Waals surface area contributed by atoms with Crippen LogP contribution in [0.1, 0.15) is 18.4 Å². The Bertz CT molecular complexity index is 800. The number of halogens is 1. The zero-order valence-corrected chi connectivity index (χ0v) is 15.1. The van der Waals surface area contributed by atoms with Gasteiger partial charge in [-0.15, -0.1) is 0 Å². The number of urea groups is 1. The summed E-state index contributed by atoms with van der Waals surface area (Å²) in [5.74, 6) is 1.29. The van der Waals surface area contributed by atoms with Crippen LogP contribution >= 0.6 is 11.6 Å². The number of para-hydroxylation sites is 2. The Labute approximate surface area is 157 Å². The van der Waals surface area contributed by atoms with Crippen molar-refractivity contribution in [1.29, 1.82) is 0 Å². The van der Waals surface area contributed by atoms with E-state index in [9.17, 15) is 4.79 Å². The number of fused-ring (bicyclic) bond motifs is 1. The molecule has 3 fully saturated rings. The largest absolute Gasteiger partial charge is 0.487 e. The van der Waals surface area contributed by atoms with Crippen LogP contribution in [0.15, 0.2) is 48.5 Å². The molecule has 2 aromatic carbocycles. The van der Waals surface area contributed by atoms with Gasteiger partial charge in [0.1, 0.15) is 12.4 Å². The Balaban J connectivity index is 1.33. The number of nitrogens with one attached hydrogen (secondary N) is 2. The highest BCUT2D eigenvalue weighted by Crippen LogP contribution is 2.47. The average molecular weight is 373 g/mol. The third-order valence-corrected chi connectivity index (χ3v) is 5.17. The summed E-state index contributed by atoms with van der Waals surface area (Å²) in [4.78, 5) is 12.2. The van der Waals surface area contributed by atoms with Gasteiger partial charge in [-0.25, -0.2) is 4.79 Å². The van der Waals surface area contributed by atoms with Gasteiger partial charge in [-0.2, -0.15) is 0 Å². The highest BCUT2D eigenvalue weighted by atomic mass is 35.5. The fraction of sp³-hybridized carbons (Fsp3) is 0.350. The number of ether oxygens (including phenoxy) is 2. The first-order valence-electron chi connectivity index (χ1n) is 8.77. The summed E-state index contributed by atoms with van der Waals surface area (Å²) < 4.78 is 11.6. The number of anilines is 1. The molecule has 1 saturated carbocycles. The fourth-order valence-electron chi connectivity index (χ4n) is 3.61. The molecular formula is C20H21ClN2O3. The third kappa shape index (κ3) is 3.79. The molecule has 0 atom stereocenters. The van der Waals surface area contributed by atoms with Gasteiger partial charge in [0.05, 0.1) is 17.9 Å². The molecule has 2 N–H and O–H groups in total. The van der Waals surface area contributed by atoms with Crippen LogP contribution in [0.25, 0.3) is 0 Å². The summed E-state index contributed by atoms with van der Waals surface area (Å²) in [6.07, 6.45) is 2.10. The van der Waals surface area contributed by atoms with Gasteiger partial charge in [0.15, 0.2) is 0 Å². The number of benzene rings is 2. The smallest absolute Gasteiger partial charge is 0.319 e. The van der Waals surface area contributed by atoms with Crippen LogP contribution in [0, 0.1) is 5.92 Å². The van der Waals surface area contributed by atoms with Gasteiger partial charge < -0.3 is 20.1 Å². The van der Waals surface area contributed by atoms with Gasteiger partial charge in [0.25, 0.3) is 0 Å². The lowest BCUT2D eigenvalue weighted by Gasteiger charge is -2.35. The van der Waals surface area contributed by atoms with E-state index in [1.807, 2.05) is 48.5 Å². The Kier molecular flexibility index (Phi) is 4.74. The molecule has 0 unspecified atom stereocenters. The van der Waals surface area contributed by atoms with Crippen molar-refractivity contribution in [2.45, 2.75) is 25.0 Å². The van der Waals surface area contributed by atoms with Gasteiger partial charge in [-0.3, -0.25) is 0 Å². The number of hydrogen-bond acceptors (Lipinski definition) is 3. The van der Waals surface area contributed by atoms with Gasteiger partial charge in [-0.05, 0) is 48.6 Å². The monoisotopic (exact) mass is 372 g/mol. The normalized spacial score (nSPS) is 23.2. The highest BCUT2D eigenvalue weighted by Gasteiger charge is 2.51. The summed E-state index contributed by atoms with van der Waals surface area (Å²) in [6, 6.07) is 14.6. The molecule has 0 spiro atoms. The average Bonchev–Trinajstić information content (AvgIpc) is 3.20. The second-order valence-corrected chi connectivity index (χ2v) is 7.43. The topological polar surface area (TPSA) is 59.6 Å². The third-order valence-electron chi connectivity index (χ3n) is 4.94. The summed E-state index contributed by atoms with van der Waals surface area (Å²) in [7, 11) is 0. The molecular weight excluding hydrogens is 352 g/mol. The maximum Gasteiger partial charge on any atom is 0.319 e. The van der Waals surface area contributed by atoms with Crippen molar-refractivity contribution in [3.8, 4) is 5.75 Å². The Morgan fingerprint density at radius 1 is 1.23 bits per heavy atom. The van der Waals surface area contributed by atoms with E-state index in [2.05, 4.69) is 10.6 Å². The van der Waals surface area contributed by atoms with Crippen molar-refractivity contribution in [2.24, 2.45) is 5.92 Å². The minimum Gasteiger partial charge on any atom is -0.487 e. The maximum atomic E-state index is 12.2. The van der Waals surface area contributed by atoms with Crippen LogP contribution < -0.4 is 15.4 Å². The molecule has 5 nitrogen and oxygen atoms in total. The van der Waals surface area contributed by atoms with E-state index in [0.717, 1.165) is 25.0 Å². The minimum absolute atomic E-state index is 0.134. The van der Waals surface area contributed by atoms with Crippen LogP contribution in [-0.4, -0.2) is 24.8 Å². The van der Waals surface area contributed by atoms with Crippen molar-refractivity contribution in [3.05, 3.63) is 59.1 Å². The van der Waals surface area contributed by atoms with Crippen LogP contribution in [0.3, 0.4) is 0 Å². The first-order chi connectivity index (χ1) is 12.6. The quantitative estimate of drug-likeness (QED) is 0.798. The van der Waals surface area contributed by atoms with Crippen molar-refractivity contribution >= 4 is 23.3 Å².